The Labute approximate surface area is 134 Å². The van der Waals surface area contributed by atoms with E-state index in [1.807, 2.05) is 12.1 Å². The van der Waals surface area contributed by atoms with Gasteiger partial charge in [0.05, 0.1) is 0 Å². The molecule has 0 aliphatic rings. The van der Waals surface area contributed by atoms with Crippen molar-refractivity contribution in [3.63, 3.8) is 0 Å². The van der Waals surface area contributed by atoms with Crippen molar-refractivity contribution in [2.45, 2.75) is 27.7 Å². The van der Waals surface area contributed by atoms with Gasteiger partial charge < -0.3 is 10.2 Å². The normalized spacial score (nSPS) is 11.0. The summed E-state index contributed by atoms with van der Waals surface area (Å²) >= 11 is 0. The predicted octanol–water partition coefficient (Wildman–Crippen LogP) is 3.22. The third kappa shape index (κ3) is 2.81. The fourth-order valence-corrected chi connectivity index (χ4v) is 2.47. The van der Waals surface area contributed by atoms with Crippen molar-refractivity contribution in [1.29, 1.82) is 0 Å². The molecule has 0 aliphatic heterocycles. The van der Waals surface area contributed by atoms with Crippen LogP contribution >= 0.6 is 0 Å². The molecule has 3 rings (SSSR count). The van der Waals surface area contributed by atoms with Gasteiger partial charge in [0.25, 0.3) is 0 Å². The Morgan fingerprint density at radius 1 is 1.04 bits per heavy atom. The smallest absolute Gasteiger partial charge is 0.245 e. The van der Waals surface area contributed by atoms with Crippen LogP contribution in [0.1, 0.15) is 25.0 Å². The van der Waals surface area contributed by atoms with Gasteiger partial charge in [-0.1, -0.05) is 12.1 Å². The zero-order valence-electron chi connectivity index (χ0n) is 13.8. The summed E-state index contributed by atoms with van der Waals surface area (Å²) in [5.41, 5.74) is 4.21. The quantitative estimate of drug-likeness (QED) is 0.774. The molecule has 0 fully saturated rings. The van der Waals surface area contributed by atoms with E-state index in [2.05, 4.69) is 64.3 Å². The number of aromatic nitrogens is 4. The van der Waals surface area contributed by atoms with Crippen LogP contribution in [0.3, 0.4) is 0 Å². The van der Waals surface area contributed by atoms with Crippen molar-refractivity contribution < 1.29 is 4.63 Å². The molecule has 0 unspecified atom stereocenters. The van der Waals surface area contributed by atoms with Gasteiger partial charge in [-0.2, -0.15) is 0 Å². The molecule has 3 aromatic rings. The van der Waals surface area contributed by atoms with Gasteiger partial charge in [-0.3, -0.25) is 0 Å². The highest BCUT2D eigenvalue weighted by molar-refractivity contribution is 5.77. The monoisotopic (exact) mass is 312 g/mol. The summed E-state index contributed by atoms with van der Waals surface area (Å²) in [5.74, 6) is 1.41. The second-order valence-electron chi connectivity index (χ2n) is 5.35. The van der Waals surface area contributed by atoms with Crippen LogP contribution in [0.2, 0.25) is 0 Å². The zero-order chi connectivity index (χ0) is 16.4. The van der Waals surface area contributed by atoms with E-state index in [0.29, 0.717) is 17.1 Å². The molecule has 0 atom stereocenters. The van der Waals surface area contributed by atoms with Gasteiger partial charge in [0.15, 0.2) is 11.6 Å². The Kier molecular flexibility index (Phi) is 4.10. The summed E-state index contributed by atoms with van der Waals surface area (Å²) in [7, 11) is 0. The van der Waals surface area contributed by atoms with Crippen molar-refractivity contribution >= 4 is 28.6 Å². The first-order valence-electron chi connectivity index (χ1n) is 7.72. The van der Waals surface area contributed by atoms with Gasteiger partial charge in [-0.25, -0.2) is 14.6 Å². The SMILES string of the molecule is CCN(CC)c1nc2nonc2nc1Nc1cccc(C)c1C. The first kappa shape index (κ1) is 15.2. The number of benzene rings is 1. The molecule has 2 heterocycles. The molecule has 0 saturated carbocycles. The van der Waals surface area contributed by atoms with E-state index in [0.717, 1.165) is 24.6 Å². The van der Waals surface area contributed by atoms with Crippen LogP contribution in [0.4, 0.5) is 17.3 Å². The lowest BCUT2D eigenvalue weighted by molar-refractivity contribution is 0.314. The van der Waals surface area contributed by atoms with E-state index in [1.54, 1.807) is 0 Å². The van der Waals surface area contributed by atoms with Crippen LogP contribution in [0.15, 0.2) is 22.8 Å². The molecule has 0 aliphatic carbocycles. The van der Waals surface area contributed by atoms with Crippen molar-refractivity contribution in [3.05, 3.63) is 29.3 Å². The van der Waals surface area contributed by atoms with E-state index < -0.39 is 0 Å². The number of hydrogen-bond donors (Lipinski definition) is 1. The molecular weight excluding hydrogens is 292 g/mol. The Morgan fingerprint density at radius 3 is 2.43 bits per heavy atom. The highest BCUT2D eigenvalue weighted by atomic mass is 16.6. The summed E-state index contributed by atoms with van der Waals surface area (Å²) in [5, 5.41) is 11.0. The second-order valence-corrected chi connectivity index (χ2v) is 5.35. The minimum Gasteiger partial charge on any atom is -0.354 e. The summed E-state index contributed by atoms with van der Waals surface area (Å²) in [6.07, 6.45) is 0. The maximum Gasteiger partial charge on any atom is 0.245 e. The number of nitrogens with one attached hydrogen (secondary N) is 1. The van der Waals surface area contributed by atoms with Crippen LogP contribution < -0.4 is 10.2 Å². The lowest BCUT2D eigenvalue weighted by atomic mass is 10.1. The highest BCUT2D eigenvalue weighted by Crippen LogP contribution is 2.29. The topological polar surface area (TPSA) is 80.0 Å². The van der Waals surface area contributed by atoms with Gasteiger partial charge in [0.1, 0.15) is 0 Å². The number of anilines is 3. The Morgan fingerprint density at radius 2 is 1.74 bits per heavy atom. The maximum atomic E-state index is 4.74. The Bertz CT molecular complexity index is 825. The van der Waals surface area contributed by atoms with Crippen LogP contribution in [-0.2, 0) is 0 Å². The lowest BCUT2D eigenvalue weighted by Gasteiger charge is -2.22. The van der Waals surface area contributed by atoms with E-state index in [9.17, 15) is 0 Å². The van der Waals surface area contributed by atoms with Gasteiger partial charge in [0, 0.05) is 18.8 Å². The van der Waals surface area contributed by atoms with Crippen molar-refractivity contribution in [1.82, 2.24) is 20.3 Å². The fourth-order valence-electron chi connectivity index (χ4n) is 2.47. The summed E-state index contributed by atoms with van der Waals surface area (Å²) in [6, 6.07) is 6.13. The number of aryl methyl sites for hydroxylation is 1. The molecule has 7 nitrogen and oxygen atoms in total. The molecule has 0 radical (unpaired) electrons. The first-order valence-corrected chi connectivity index (χ1v) is 7.72. The summed E-state index contributed by atoms with van der Waals surface area (Å²) < 4.78 is 4.74. The number of nitrogens with zero attached hydrogens (tertiary/aromatic N) is 5. The molecule has 120 valence electrons. The molecule has 0 spiro atoms. The molecule has 23 heavy (non-hydrogen) atoms. The van der Waals surface area contributed by atoms with E-state index in [1.165, 1.54) is 11.1 Å². The summed E-state index contributed by atoms with van der Waals surface area (Å²) in [4.78, 5) is 11.2. The van der Waals surface area contributed by atoms with Crippen molar-refractivity contribution in [2.75, 3.05) is 23.3 Å². The lowest BCUT2D eigenvalue weighted by Crippen LogP contribution is -2.24. The summed E-state index contributed by atoms with van der Waals surface area (Å²) in [6.45, 7) is 9.98. The molecule has 0 bridgehead atoms. The largest absolute Gasteiger partial charge is 0.354 e. The maximum absolute atomic E-state index is 4.74. The van der Waals surface area contributed by atoms with Gasteiger partial charge in [-0.05, 0) is 55.2 Å². The number of fused-ring (bicyclic) bond motifs is 1. The van der Waals surface area contributed by atoms with E-state index in [-0.39, 0.29) is 0 Å². The molecular formula is C16H20N6O. The van der Waals surface area contributed by atoms with E-state index >= 15 is 0 Å². The molecule has 1 N–H and O–H groups in total. The zero-order valence-corrected chi connectivity index (χ0v) is 13.8. The van der Waals surface area contributed by atoms with Crippen LogP contribution in [0, 0.1) is 13.8 Å². The van der Waals surface area contributed by atoms with Crippen LogP contribution in [0.5, 0.6) is 0 Å². The van der Waals surface area contributed by atoms with Gasteiger partial charge in [0.2, 0.25) is 11.3 Å². The first-order chi connectivity index (χ1) is 11.1. The molecule has 0 saturated heterocycles. The average Bonchev–Trinajstić information content (AvgIpc) is 3.00. The standard InChI is InChI=1S/C16H20N6O/c1-5-22(6-2)16-15(18-13-14(19-16)21-23-20-13)17-12-9-7-8-10(3)11(12)4/h7-9H,5-6H2,1-4H3,(H,17,18,20). The van der Waals surface area contributed by atoms with E-state index in [4.69, 9.17) is 4.63 Å². The molecule has 1 aromatic carbocycles. The van der Waals surface area contributed by atoms with Gasteiger partial charge >= 0.3 is 0 Å². The molecule has 7 heteroatoms. The number of rotatable bonds is 5. The third-order valence-electron chi connectivity index (χ3n) is 4.02. The predicted molar refractivity (Wildman–Crippen MR) is 90.2 cm³/mol. The number of hydrogen-bond acceptors (Lipinski definition) is 7. The van der Waals surface area contributed by atoms with Crippen LogP contribution in [-0.4, -0.2) is 33.4 Å². The Hall–Kier alpha value is -2.70. The molecule has 2 aromatic heterocycles. The Balaban J connectivity index is 2.10. The van der Waals surface area contributed by atoms with Crippen molar-refractivity contribution in [2.24, 2.45) is 0 Å². The third-order valence-corrected chi connectivity index (χ3v) is 4.02. The van der Waals surface area contributed by atoms with Crippen molar-refractivity contribution in [3.8, 4) is 0 Å². The highest BCUT2D eigenvalue weighted by Gasteiger charge is 2.17. The second kappa shape index (κ2) is 6.20. The minimum atomic E-state index is 0.397. The average molecular weight is 312 g/mol. The molecule has 0 amide bonds. The fraction of sp³-hybridized carbons (Fsp3) is 0.375. The van der Waals surface area contributed by atoms with Crippen LogP contribution in [0.25, 0.3) is 11.3 Å². The van der Waals surface area contributed by atoms with Gasteiger partial charge in [-0.15, -0.1) is 0 Å². The minimum absolute atomic E-state index is 0.397.